The number of benzene rings is 2. The van der Waals surface area contributed by atoms with E-state index in [1.807, 2.05) is 0 Å². The van der Waals surface area contributed by atoms with Crippen LogP contribution in [0.25, 0.3) is 0 Å². The first-order valence-electron chi connectivity index (χ1n) is 6.09. The zero-order valence-electron chi connectivity index (χ0n) is 11.8. The van der Waals surface area contributed by atoms with E-state index in [2.05, 4.69) is 8.37 Å². The summed E-state index contributed by atoms with van der Waals surface area (Å²) in [5.41, 5.74) is 0. The Morgan fingerprint density at radius 1 is 0.667 bits per heavy atom. The average molecular weight is 396 g/mol. The second-order valence-corrected chi connectivity index (χ2v) is 14.3. The summed E-state index contributed by atoms with van der Waals surface area (Å²) in [7, 11) is -19.3. The van der Waals surface area contributed by atoms with Crippen molar-refractivity contribution in [3.05, 3.63) is 60.7 Å². The molecule has 0 fully saturated rings. The zero-order chi connectivity index (χ0) is 18.1. The molecule has 0 saturated heterocycles. The van der Waals surface area contributed by atoms with Gasteiger partial charge in [-0.25, -0.2) is 0 Å². The monoisotopic (exact) mass is 396 g/mol. The summed E-state index contributed by atoms with van der Waals surface area (Å²) in [6, 6.07) is 12.4. The predicted octanol–water partition coefficient (Wildman–Crippen LogP) is 1.40. The third kappa shape index (κ3) is 2.89. The first kappa shape index (κ1) is 18.4. The lowest BCUT2D eigenvalue weighted by Gasteiger charge is -2.34. The summed E-state index contributed by atoms with van der Waals surface area (Å²) in [5, 5.41) is 0. The summed E-state index contributed by atoms with van der Waals surface area (Å²) in [5.74, 6) is -1.08. The predicted molar refractivity (Wildman–Crippen MR) is 85.4 cm³/mol. The summed E-state index contributed by atoms with van der Waals surface area (Å²) in [6.07, 6.45) is 0. The van der Waals surface area contributed by atoms with Gasteiger partial charge in [0.2, 0.25) is 0 Å². The molecule has 24 heavy (non-hydrogen) atoms. The van der Waals surface area contributed by atoms with Crippen LogP contribution in [0.15, 0.2) is 60.7 Å². The van der Waals surface area contributed by atoms with E-state index in [0.29, 0.717) is 0 Å². The molecule has 0 aliphatic heterocycles. The largest absolute Gasteiger partial charge is 0.404 e. The molecule has 0 spiro atoms. The van der Waals surface area contributed by atoms with Crippen molar-refractivity contribution in [1.29, 1.82) is 0 Å². The lowest BCUT2D eigenvalue weighted by atomic mass is 10.3. The molecule has 0 aliphatic carbocycles. The van der Waals surface area contributed by atoms with Gasteiger partial charge in [-0.2, -0.15) is 21.0 Å². The fraction of sp³-hybridized carbons (Fsp3) is 0. The Morgan fingerprint density at radius 3 is 1.21 bits per heavy atom. The Labute approximate surface area is 137 Å². The summed E-state index contributed by atoms with van der Waals surface area (Å²) in [6.45, 7) is 0. The Morgan fingerprint density at radius 2 is 0.958 bits per heavy atom. The Hall–Kier alpha value is -1.99. The molecular formula is C12H12O9S3. The first-order chi connectivity index (χ1) is 11.0. The molecule has 0 amide bonds. The molecule has 0 aromatic heterocycles. The molecule has 0 unspecified atom stereocenters. The Kier molecular flexibility index (Phi) is 4.45. The molecule has 0 heterocycles. The second kappa shape index (κ2) is 5.82. The highest BCUT2D eigenvalue weighted by molar-refractivity contribution is 9.06. The summed E-state index contributed by atoms with van der Waals surface area (Å²) in [4.78, 5) is 0. The molecule has 0 aliphatic rings. The number of hydrogen-bond donors (Lipinski definition) is 2. The Balaban J connectivity index is 2.79. The smallest absolute Gasteiger partial charge is 0.372 e. The number of rotatable bonds is 6. The van der Waals surface area contributed by atoms with Gasteiger partial charge in [0.15, 0.2) is 0 Å². The van der Waals surface area contributed by atoms with Gasteiger partial charge in [-0.3, -0.25) is 9.11 Å². The van der Waals surface area contributed by atoms with Crippen molar-refractivity contribution in [3.63, 3.8) is 0 Å². The van der Waals surface area contributed by atoms with Gasteiger partial charge in [0, 0.05) is 0 Å². The quantitative estimate of drug-likeness (QED) is 0.546. The minimum Gasteiger partial charge on any atom is -0.372 e. The van der Waals surface area contributed by atoms with Crippen LogP contribution in [0.2, 0.25) is 0 Å². The molecule has 0 bridgehead atoms. The van der Waals surface area contributed by atoms with Gasteiger partial charge >= 0.3 is 26.0 Å². The highest BCUT2D eigenvalue weighted by atomic mass is 33.6. The van der Waals surface area contributed by atoms with Crippen LogP contribution in [0.4, 0.5) is 0 Å². The van der Waals surface area contributed by atoms with Crippen LogP contribution in [0.1, 0.15) is 0 Å². The molecule has 0 saturated carbocycles. The summed E-state index contributed by atoms with van der Waals surface area (Å²) < 4.78 is 87.9. The van der Waals surface area contributed by atoms with Crippen molar-refractivity contribution in [3.8, 4) is 11.5 Å². The maximum Gasteiger partial charge on any atom is 0.404 e. The van der Waals surface area contributed by atoms with Crippen LogP contribution >= 0.6 is 0 Å². The van der Waals surface area contributed by atoms with E-state index in [0.717, 1.165) is 24.3 Å². The standard InChI is InChI=1S/C12H12O9S3/c13-22(14,15)24(19,23(16,17)18,20-11-7-3-1-4-8-11)21-12-9-5-2-6-10-12/h1-10H,(H,13,14,15)(H,16,17,18). The van der Waals surface area contributed by atoms with E-state index >= 15 is 0 Å². The third-order valence-electron chi connectivity index (χ3n) is 2.64. The van der Waals surface area contributed by atoms with Crippen molar-refractivity contribution >= 4 is 26.0 Å². The van der Waals surface area contributed by atoms with Crippen molar-refractivity contribution in [2.24, 2.45) is 0 Å². The highest BCUT2D eigenvalue weighted by Crippen LogP contribution is 2.42. The minimum atomic E-state index is -7.06. The van der Waals surface area contributed by atoms with E-state index in [9.17, 15) is 30.1 Å². The van der Waals surface area contributed by atoms with Gasteiger partial charge in [0.1, 0.15) is 11.5 Å². The van der Waals surface area contributed by atoms with E-state index < -0.39 is 37.5 Å². The molecule has 9 nitrogen and oxygen atoms in total. The van der Waals surface area contributed by atoms with Crippen LogP contribution in [0.3, 0.4) is 0 Å². The molecule has 2 rings (SSSR count). The van der Waals surface area contributed by atoms with Crippen LogP contribution in [0, 0.1) is 0 Å². The van der Waals surface area contributed by atoms with Gasteiger partial charge in [-0.1, -0.05) is 36.4 Å². The van der Waals surface area contributed by atoms with E-state index in [1.165, 1.54) is 36.4 Å². The van der Waals surface area contributed by atoms with Crippen LogP contribution in [0.5, 0.6) is 11.5 Å². The minimum absolute atomic E-state index is 0.541. The van der Waals surface area contributed by atoms with Gasteiger partial charge in [0.25, 0.3) is 0 Å². The maximum atomic E-state index is 13.0. The highest BCUT2D eigenvalue weighted by Gasteiger charge is 2.66. The normalized spacial score (nSPS) is 14.3. The van der Waals surface area contributed by atoms with Crippen molar-refractivity contribution in [2.75, 3.05) is 0 Å². The molecule has 0 radical (unpaired) electrons. The molecular weight excluding hydrogens is 384 g/mol. The van der Waals surface area contributed by atoms with Crippen LogP contribution < -0.4 is 8.37 Å². The molecule has 2 N–H and O–H groups in total. The fourth-order valence-corrected chi connectivity index (χ4v) is 7.59. The Bertz CT molecular complexity index is 913. The lowest BCUT2D eigenvalue weighted by molar-refractivity contribution is 0.405. The summed E-state index contributed by atoms with van der Waals surface area (Å²) >= 11 is 0. The fourth-order valence-electron chi connectivity index (χ4n) is 1.56. The van der Waals surface area contributed by atoms with Gasteiger partial charge in [-0.15, -0.1) is 0 Å². The first-order valence-corrected chi connectivity index (χ1v) is 11.8. The van der Waals surface area contributed by atoms with E-state index in [-0.39, 0.29) is 0 Å². The molecule has 2 aromatic carbocycles. The second-order valence-electron chi connectivity index (χ2n) is 4.33. The maximum absolute atomic E-state index is 13.0. The molecule has 2 aromatic rings. The van der Waals surface area contributed by atoms with Gasteiger partial charge in [0.05, 0.1) is 0 Å². The zero-order valence-corrected chi connectivity index (χ0v) is 14.2. The SMILES string of the molecule is O=S(=O)(O)S(=O)(Oc1ccccc1)(Oc1ccccc1)S(=O)(=O)O. The number of hydrogen-bond acceptors (Lipinski definition) is 7. The average Bonchev–Trinajstić information content (AvgIpc) is 2.47. The van der Waals surface area contributed by atoms with Crippen LogP contribution in [-0.2, 0) is 26.0 Å². The van der Waals surface area contributed by atoms with Crippen LogP contribution in [-0.4, -0.2) is 30.1 Å². The lowest BCUT2D eigenvalue weighted by Crippen LogP contribution is -2.56. The van der Waals surface area contributed by atoms with Crippen molar-refractivity contribution in [2.45, 2.75) is 0 Å². The molecule has 12 heteroatoms. The van der Waals surface area contributed by atoms with E-state index in [4.69, 9.17) is 0 Å². The van der Waals surface area contributed by atoms with Gasteiger partial charge in [-0.05, 0) is 24.3 Å². The number of para-hydroxylation sites is 2. The third-order valence-corrected chi connectivity index (χ3v) is 13.0. The molecule has 0 atom stereocenters. The van der Waals surface area contributed by atoms with Crippen molar-refractivity contribution < 1.29 is 38.5 Å². The van der Waals surface area contributed by atoms with E-state index in [1.54, 1.807) is 0 Å². The van der Waals surface area contributed by atoms with Gasteiger partial charge < -0.3 is 8.37 Å². The molecule has 132 valence electrons. The topological polar surface area (TPSA) is 144 Å². The van der Waals surface area contributed by atoms with Crippen molar-refractivity contribution in [1.82, 2.24) is 0 Å².